The van der Waals surface area contributed by atoms with Gasteiger partial charge in [-0.15, -0.1) is 22.7 Å². The van der Waals surface area contributed by atoms with E-state index in [1.165, 1.54) is 96.1 Å². The first-order valence-electron chi connectivity index (χ1n) is 27.9. The summed E-state index contributed by atoms with van der Waals surface area (Å²) in [6.07, 6.45) is 0. The lowest BCUT2D eigenvalue weighted by Crippen LogP contribution is -2.66. The molecule has 2 spiro atoms. The molecule has 3 aliphatic rings. The van der Waals surface area contributed by atoms with Crippen molar-refractivity contribution in [3.63, 3.8) is 0 Å². The molecule has 0 N–H and O–H groups in total. The normalized spacial score (nSPS) is 15.2. The fraction of sp³-hybridized carbons (Fsp3) is 0.0811. The van der Waals surface area contributed by atoms with Gasteiger partial charge in [-0.25, -0.2) is 0 Å². The third-order valence-corrected chi connectivity index (χ3v) is 27.4. The maximum atomic E-state index is 2.65. The maximum Gasteiger partial charge on any atom is 0.113 e. The van der Waals surface area contributed by atoms with E-state index in [-0.39, 0.29) is 0 Å². The fourth-order valence-corrected chi connectivity index (χ4v) is 23.7. The molecule has 0 saturated carbocycles. The molecule has 0 radical (unpaired) electrons. The number of anilines is 6. The van der Waals surface area contributed by atoms with Crippen LogP contribution < -0.4 is 30.5 Å². The molecule has 12 aromatic rings. The molecule has 6 heteroatoms. The molecule has 1 aliphatic carbocycles. The third-order valence-electron chi connectivity index (χ3n) is 17.8. The van der Waals surface area contributed by atoms with E-state index in [1.807, 2.05) is 22.7 Å². The minimum atomic E-state index is -2.29. The summed E-state index contributed by atoms with van der Waals surface area (Å²) >= 11 is 4.00. The van der Waals surface area contributed by atoms with Gasteiger partial charge < -0.3 is 9.80 Å². The van der Waals surface area contributed by atoms with Crippen LogP contribution in [-0.2, 0) is 10.8 Å². The highest BCUT2D eigenvalue weighted by atomic mass is 32.1. The number of fused-ring (bicyclic) bond motifs is 14. The van der Waals surface area contributed by atoms with Crippen molar-refractivity contribution in [1.29, 1.82) is 0 Å². The number of hydrogen-bond donors (Lipinski definition) is 0. The molecule has 15 rings (SSSR count). The molecule has 0 amide bonds. The van der Waals surface area contributed by atoms with Gasteiger partial charge >= 0.3 is 0 Å². The van der Waals surface area contributed by atoms with Crippen LogP contribution in [0.1, 0.15) is 43.1 Å². The lowest BCUT2D eigenvalue weighted by Gasteiger charge is -2.54. The highest BCUT2D eigenvalue weighted by Gasteiger charge is 2.63. The van der Waals surface area contributed by atoms with Gasteiger partial charge in [0.2, 0.25) is 0 Å². The Morgan fingerprint density at radius 3 is 0.875 bits per heavy atom. The second-order valence-corrected chi connectivity index (χ2v) is 33.5. The van der Waals surface area contributed by atoms with E-state index < -0.39 is 27.0 Å². The third kappa shape index (κ3) is 7.05. The summed E-state index contributed by atoms with van der Waals surface area (Å²) in [7, 11) is -4.58. The smallest absolute Gasteiger partial charge is 0.113 e. The summed E-state index contributed by atoms with van der Waals surface area (Å²) in [5, 5.41) is 8.38. The first-order chi connectivity index (χ1) is 39.2. The van der Waals surface area contributed by atoms with Crippen molar-refractivity contribution in [2.45, 2.75) is 37.0 Å². The average Bonchev–Trinajstić information content (AvgIpc) is 1.98. The molecule has 0 saturated heterocycles. The van der Waals surface area contributed by atoms with Crippen molar-refractivity contribution < 1.29 is 0 Å². The van der Waals surface area contributed by atoms with E-state index in [2.05, 4.69) is 315 Å². The topological polar surface area (TPSA) is 6.48 Å². The van der Waals surface area contributed by atoms with Gasteiger partial charge in [0.05, 0.1) is 10.8 Å². The molecule has 10 aromatic carbocycles. The first kappa shape index (κ1) is 48.7. The Balaban J connectivity index is 1.11. The molecule has 4 heterocycles. The van der Waals surface area contributed by atoms with E-state index in [0.29, 0.717) is 0 Å². The highest BCUT2D eigenvalue weighted by molar-refractivity contribution is 7.18. The fourth-order valence-electron chi connectivity index (χ4n) is 14.3. The average molecular weight is 1100 g/mol. The molecular formula is C74H58N2S2Si2. The van der Waals surface area contributed by atoms with Gasteiger partial charge in [0.1, 0.15) is 26.1 Å². The summed E-state index contributed by atoms with van der Waals surface area (Å²) in [4.78, 5) is 7.87. The zero-order valence-corrected chi connectivity index (χ0v) is 48.9. The quantitative estimate of drug-likeness (QED) is 0.140. The monoisotopic (exact) mass is 1090 g/mol. The van der Waals surface area contributed by atoms with Crippen LogP contribution in [0.5, 0.6) is 0 Å². The van der Waals surface area contributed by atoms with Crippen molar-refractivity contribution in [3.8, 4) is 22.3 Å². The van der Waals surface area contributed by atoms with E-state index in [0.717, 1.165) is 22.7 Å². The standard InChI is InChI=1S/C74H58N2S2Si2/c1-79(2)65-43-21-17-39-59(65)73(60-40-18-22-44-66(60)79)63-49-69(75(55-33-13-7-14-34-55)57-37-25-31-53(47-57)51-27-9-5-10-28-51)78-72(63)74(61-41-19-23-45-67(61)80(3,4)68-46-24-20-42-62(68)74)64-50-70(77-71(64)73)76(56-35-15-8-16-36-56)58-38-26-32-54(48-58)52-29-11-6-12-30-52/h5-50H,1-4H3. The van der Waals surface area contributed by atoms with E-state index >= 15 is 0 Å². The van der Waals surface area contributed by atoms with E-state index in [4.69, 9.17) is 0 Å². The lowest BCUT2D eigenvalue weighted by atomic mass is 9.55. The Bertz CT molecular complexity index is 3910. The summed E-state index contributed by atoms with van der Waals surface area (Å²) in [5.41, 5.74) is 16.3. The van der Waals surface area contributed by atoms with Crippen molar-refractivity contribution in [2.24, 2.45) is 0 Å². The van der Waals surface area contributed by atoms with E-state index in [1.54, 1.807) is 0 Å². The predicted octanol–water partition coefficient (Wildman–Crippen LogP) is 17.4. The summed E-state index contributed by atoms with van der Waals surface area (Å²) in [5.74, 6) is 0. The van der Waals surface area contributed by atoms with Crippen LogP contribution in [-0.4, -0.2) is 16.1 Å². The van der Waals surface area contributed by atoms with Gasteiger partial charge in [-0.05, 0) is 137 Å². The van der Waals surface area contributed by atoms with Gasteiger partial charge in [0.15, 0.2) is 0 Å². The number of hydrogen-bond acceptors (Lipinski definition) is 4. The molecule has 80 heavy (non-hydrogen) atoms. The minimum absolute atomic E-state index is 0.694. The predicted molar refractivity (Wildman–Crippen MR) is 346 cm³/mol. The molecule has 0 unspecified atom stereocenters. The molecule has 0 fully saturated rings. The van der Waals surface area contributed by atoms with Gasteiger partial charge in [0, 0.05) is 32.5 Å². The molecule has 2 aliphatic heterocycles. The van der Waals surface area contributed by atoms with Crippen LogP contribution in [0.2, 0.25) is 26.2 Å². The molecule has 0 atom stereocenters. The van der Waals surface area contributed by atoms with Crippen molar-refractivity contribution >= 4 is 92.3 Å². The van der Waals surface area contributed by atoms with Crippen LogP contribution in [0.4, 0.5) is 32.8 Å². The van der Waals surface area contributed by atoms with Gasteiger partial charge in [-0.3, -0.25) is 0 Å². The Kier molecular flexibility index (Phi) is 11.3. The van der Waals surface area contributed by atoms with Gasteiger partial charge in [-0.2, -0.15) is 0 Å². The SMILES string of the molecule is C[Si]1(C)c2ccccc2C2(c3ccccc31)c1cc(N(c3ccccc3)c3cccc(-c4ccccc4)c3)sc1C1(c3ccccc3[Si](C)(C)c3ccccc31)c1cc(N(c3ccccc3)c3cccc(-c4ccccc4)c3)sc12. The van der Waals surface area contributed by atoms with Crippen LogP contribution in [0, 0.1) is 0 Å². The molecule has 0 bridgehead atoms. The summed E-state index contributed by atoms with van der Waals surface area (Å²) in [6.45, 7) is 10.3. The number of benzene rings is 10. The molecular weight excluding hydrogens is 1040 g/mol. The number of nitrogens with zero attached hydrogens (tertiary/aromatic N) is 2. The van der Waals surface area contributed by atoms with Crippen molar-refractivity contribution in [3.05, 3.63) is 322 Å². The molecule has 2 aromatic heterocycles. The van der Waals surface area contributed by atoms with E-state index in [9.17, 15) is 0 Å². The molecule has 2 nitrogen and oxygen atoms in total. The minimum Gasteiger partial charge on any atom is -0.302 e. The number of rotatable bonds is 8. The largest absolute Gasteiger partial charge is 0.302 e. The second kappa shape index (κ2) is 18.6. The number of thiophene rings is 2. The lowest BCUT2D eigenvalue weighted by molar-refractivity contribution is 0.646. The van der Waals surface area contributed by atoms with Crippen LogP contribution in [0.15, 0.2) is 279 Å². The Morgan fingerprint density at radius 2 is 0.537 bits per heavy atom. The zero-order chi connectivity index (χ0) is 53.8. The Hall–Kier alpha value is -8.37. The Morgan fingerprint density at radius 1 is 0.263 bits per heavy atom. The van der Waals surface area contributed by atoms with Gasteiger partial charge in [-0.1, -0.05) is 245 Å². The highest BCUT2D eigenvalue weighted by Crippen LogP contribution is 2.67. The van der Waals surface area contributed by atoms with Crippen molar-refractivity contribution in [2.75, 3.05) is 9.80 Å². The first-order valence-corrected chi connectivity index (χ1v) is 35.5. The van der Waals surface area contributed by atoms with Crippen LogP contribution >= 0.6 is 22.7 Å². The summed E-state index contributed by atoms with van der Waals surface area (Å²) in [6, 6.07) is 106. The van der Waals surface area contributed by atoms with Crippen LogP contribution in [0.3, 0.4) is 0 Å². The maximum absolute atomic E-state index is 2.65. The Labute approximate surface area is 480 Å². The van der Waals surface area contributed by atoms with Crippen molar-refractivity contribution in [1.82, 2.24) is 0 Å². The van der Waals surface area contributed by atoms with Crippen LogP contribution in [0.25, 0.3) is 22.3 Å². The summed E-state index contributed by atoms with van der Waals surface area (Å²) < 4.78 is 0. The second-order valence-electron chi connectivity index (χ2n) is 22.8. The van der Waals surface area contributed by atoms with Gasteiger partial charge in [0.25, 0.3) is 0 Å². The zero-order valence-electron chi connectivity index (χ0n) is 45.3. The molecule has 384 valence electrons. The number of para-hydroxylation sites is 2.